The van der Waals surface area contributed by atoms with Gasteiger partial charge in [-0.1, -0.05) is 24.3 Å². The number of anilines is 2. The summed E-state index contributed by atoms with van der Waals surface area (Å²) in [5.74, 6) is -0.339. The van der Waals surface area contributed by atoms with Gasteiger partial charge in [0.25, 0.3) is 11.6 Å². The van der Waals surface area contributed by atoms with Gasteiger partial charge in [-0.05, 0) is 61.4 Å². The molecule has 0 spiro atoms. The highest BCUT2D eigenvalue weighted by Crippen LogP contribution is 2.19. The molecule has 3 aromatic rings. The summed E-state index contributed by atoms with van der Waals surface area (Å²) in [4.78, 5) is 35.0. The quantitative estimate of drug-likeness (QED) is 0.395. The Kier molecular flexibility index (Phi) is 6.61. The van der Waals surface area contributed by atoms with E-state index in [0.717, 1.165) is 11.1 Å². The van der Waals surface area contributed by atoms with Gasteiger partial charge >= 0.3 is 6.03 Å². The molecule has 0 unspecified atom stereocenters. The smallest absolute Gasteiger partial charge is 0.323 e. The second-order valence-corrected chi connectivity index (χ2v) is 7.09. The Morgan fingerprint density at radius 1 is 0.903 bits per heavy atom. The molecular formula is C23H22N4O4. The van der Waals surface area contributed by atoms with Crippen LogP contribution in [0.3, 0.4) is 0 Å². The number of nitrogens with zero attached hydrogens (tertiary/aromatic N) is 1. The van der Waals surface area contributed by atoms with Crippen LogP contribution in [0.15, 0.2) is 66.7 Å². The fourth-order valence-electron chi connectivity index (χ4n) is 3.06. The van der Waals surface area contributed by atoms with Gasteiger partial charge in [-0.3, -0.25) is 14.9 Å². The second-order valence-electron chi connectivity index (χ2n) is 7.09. The van der Waals surface area contributed by atoms with E-state index in [9.17, 15) is 19.7 Å². The van der Waals surface area contributed by atoms with Crippen molar-refractivity contribution >= 4 is 29.0 Å². The van der Waals surface area contributed by atoms with Crippen molar-refractivity contribution in [3.8, 4) is 0 Å². The first kappa shape index (κ1) is 21.5. The van der Waals surface area contributed by atoms with E-state index in [-0.39, 0.29) is 24.2 Å². The molecule has 0 atom stereocenters. The highest BCUT2D eigenvalue weighted by molar-refractivity contribution is 5.99. The first-order chi connectivity index (χ1) is 14.8. The molecule has 31 heavy (non-hydrogen) atoms. The summed E-state index contributed by atoms with van der Waals surface area (Å²) in [7, 11) is 0. The summed E-state index contributed by atoms with van der Waals surface area (Å²) in [6, 6.07) is 18.5. The molecule has 0 heterocycles. The van der Waals surface area contributed by atoms with E-state index < -0.39 is 4.92 Å². The van der Waals surface area contributed by atoms with Crippen molar-refractivity contribution in [2.75, 3.05) is 10.6 Å². The highest BCUT2D eigenvalue weighted by atomic mass is 16.6. The number of carbonyl (C=O) groups is 2. The minimum absolute atomic E-state index is 0.0285. The number of benzene rings is 3. The zero-order chi connectivity index (χ0) is 22.4. The summed E-state index contributed by atoms with van der Waals surface area (Å²) in [5.41, 5.74) is 3.85. The molecule has 0 aliphatic carbocycles. The topological polar surface area (TPSA) is 113 Å². The standard InChI is InChI=1S/C23H22N4O4/c1-15-5-3-7-19(11-15)25-23(29)26-20-8-4-6-17(13-20)14-24-22(28)18-9-10-21(27(30)31)16(2)12-18/h3-13H,14H2,1-2H3,(H,24,28)(H2,25,26,29). The van der Waals surface area contributed by atoms with Crippen molar-refractivity contribution < 1.29 is 14.5 Å². The Morgan fingerprint density at radius 3 is 2.23 bits per heavy atom. The number of carbonyl (C=O) groups excluding carboxylic acids is 2. The van der Waals surface area contributed by atoms with Gasteiger partial charge in [-0.15, -0.1) is 0 Å². The number of aryl methyl sites for hydroxylation is 2. The summed E-state index contributed by atoms with van der Waals surface area (Å²) < 4.78 is 0. The third kappa shape index (κ3) is 5.89. The number of urea groups is 1. The van der Waals surface area contributed by atoms with Crippen LogP contribution in [0.5, 0.6) is 0 Å². The summed E-state index contributed by atoms with van der Waals surface area (Å²) >= 11 is 0. The van der Waals surface area contributed by atoms with E-state index >= 15 is 0 Å². The average molecular weight is 418 g/mol. The maximum absolute atomic E-state index is 12.4. The molecule has 0 saturated heterocycles. The minimum Gasteiger partial charge on any atom is -0.348 e. The van der Waals surface area contributed by atoms with E-state index in [1.165, 1.54) is 18.2 Å². The van der Waals surface area contributed by atoms with Crippen molar-refractivity contribution in [2.24, 2.45) is 0 Å². The summed E-state index contributed by atoms with van der Waals surface area (Å²) in [5, 5.41) is 19.2. The van der Waals surface area contributed by atoms with E-state index in [1.807, 2.05) is 31.2 Å². The molecule has 3 rings (SSSR count). The van der Waals surface area contributed by atoms with E-state index in [1.54, 1.807) is 31.2 Å². The van der Waals surface area contributed by atoms with Crippen molar-refractivity contribution in [3.63, 3.8) is 0 Å². The number of amides is 3. The molecule has 0 fully saturated rings. The van der Waals surface area contributed by atoms with Crippen LogP contribution < -0.4 is 16.0 Å². The van der Waals surface area contributed by atoms with Gasteiger partial charge in [0.2, 0.25) is 0 Å². The summed E-state index contributed by atoms with van der Waals surface area (Å²) in [6.45, 7) is 3.77. The van der Waals surface area contributed by atoms with E-state index in [4.69, 9.17) is 0 Å². The van der Waals surface area contributed by atoms with E-state index in [0.29, 0.717) is 22.5 Å². The first-order valence-electron chi connectivity index (χ1n) is 9.58. The number of rotatable bonds is 6. The van der Waals surface area contributed by atoms with Gasteiger partial charge in [0.05, 0.1) is 4.92 Å². The van der Waals surface area contributed by atoms with Crippen LogP contribution in [-0.4, -0.2) is 16.9 Å². The Morgan fingerprint density at radius 2 is 1.58 bits per heavy atom. The van der Waals surface area contributed by atoms with Crippen LogP contribution in [0.1, 0.15) is 27.0 Å². The van der Waals surface area contributed by atoms with Gasteiger partial charge in [0.15, 0.2) is 0 Å². The Balaban J connectivity index is 1.59. The third-order valence-electron chi connectivity index (χ3n) is 4.57. The monoisotopic (exact) mass is 418 g/mol. The number of nitro benzene ring substituents is 1. The lowest BCUT2D eigenvalue weighted by Gasteiger charge is -2.10. The van der Waals surface area contributed by atoms with E-state index in [2.05, 4.69) is 16.0 Å². The van der Waals surface area contributed by atoms with Gasteiger partial charge in [-0.25, -0.2) is 4.79 Å². The fourth-order valence-corrected chi connectivity index (χ4v) is 3.06. The number of hydrogen-bond acceptors (Lipinski definition) is 4. The summed E-state index contributed by atoms with van der Waals surface area (Å²) in [6.07, 6.45) is 0. The van der Waals surface area contributed by atoms with Gasteiger partial charge in [0, 0.05) is 35.1 Å². The van der Waals surface area contributed by atoms with Crippen molar-refractivity contribution in [2.45, 2.75) is 20.4 Å². The van der Waals surface area contributed by atoms with Gasteiger partial charge in [-0.2, -0.15) is 0 Å². The zero-order valence-electron chi connectivity index (χ0n) is 17.1. The van der Waals surface area contributed by atoms with Crippen LogP contribution in [0.25, 0.3) is 0 Å². The van der Waals surface area contributed by atoms with Crippen molar-refractivity contribution in [1.82, 2.24) is 5.32 Å². The number of nitrogens with one attached hydrogen (secondary N) is 3. The highest BCUT2D eigenvalue weighted by Gasteiger charge is 2.13. The molecule has 0 aliphatic rings. The Bertz CT molecular complexity index is 1140. The molecule has 8 nitrogen and oxygen atoms in total. The minimum atomic E-state index is -0.482. The maximum Gasteiger partial charge on any atom is 0.323 e. The average Bonchev–Trinajstić information content (AvgIpc) is 2.72. The normalized spacial score (nSPS) is 10.3. The molecule has 0 radical (unpaired) electrons. The van der Waals surface area contributed by atoms with Crippen LogP contribution in [0, 0.1) is 24.0 Å². The number of hydrogen-bond donors (Lipinski definition) is 3. The largest absolute Gasteiger partial charge is 0.348 e. The van der Waals surface area contributed by atoms with Crippen LogP contribution in [0.2, 0.25) is 0 Å². The second kappa shape index (κ2) is 9.53. The molecule has 158 valence electrons. The van der Waals surface area contributed by atoms with Crippen LogP contribution in [-0.2, 0) is 6.54 Å². The predicted molar refractivity (Wildman–Crippen MR) is 119 cm³/mol. The van der Waals surface area contributed by atoms with Gasteiger partial charge in [0.1, 0.15) is 0 Å². The number of nitro groups is 1. The SMILES string of the molecule is Cc1cccc(NC(=O)Nc2cccc(CNC(=O)c3ccc([N+](=O)[O-])c(C)c3)c2)c1. The first-order valence-corrected chi connectivity index (χ1v) is 9.58. The molecule has 0 aliphatic heterocycles. The molecule has 3 N–H and O–H groups in total. The fraction of sp³-hybridized carbons (Fsp3) is 0.130. The Labute approximate surface area is 179 Å². The maximum atomic E-state index is 12.4. The molecule has 3 aromatic carbocycles. The lowest BCUT2D eigenvalue weighted by molar-refractivity contribution is -0.385. The molecule has 3 amide bonds. The molecular weight excluding hydrogens is 396 g/mol. The zero-order valence-corrected chi connectivity index (χ0v) is 17.1. The molecule has 0 aromatic heterocycles. The van der Waals surface area contributed by atoms with Gasteiger partial charge < -0.3 is 16.0 Å². The predicted octanol–water partition coefficient (Wildman–Crippen LogP) is 4.79. The lowest BCUT2D eigenvalue weighted by atomic mass is 10.1. The van der Waals surface area contributed by atoms with Crippen LogP contribution in [0.4, 0.5) is 21.9 Å². The van der Waals surface area contributed by atoms with Crippen molar-refractivity contribution in [3.05, 3.63) is 99.1 Å². The molecule has 0 bridgehead atoms. The Hall–Kier alpha value is -4.20. The molecule has 8 heteroatoms. The molecule has 0 saturated carbocycles. The third-order valence-corrected chi connectivity index (χ3v) is 4.57. The lowest BCUT2D eigenvalue weighted by Crippen LogP contribution is -2.23. The van der Waals surface area contributed by atoms with Crippen LogP contribution >= 0.6 is 0 Å². The van der Waals surface area contributed by atoms with Crippen molar-refractivity contribution in [1.29, 1.82) is 0 Å².